The van der Waals surface area contributed by atoms with Crippen molar-refractivity contribution in [3.8, 4) is 0 Å². The minimum atomic E-state index is -1.58. The molecule has 0 bridgehead atoms. The van der Waals surface area contributed by atoms with Crippen molar-refractivity contribution in [2.24, 2.45) is 0 Å². The van der Waals surface area contributed by atoms with E-state index in [9.17, 15) is 22.8 Å². The smallest absolute Gasteiger partial charge is 0.239 e. The van der Waals surface area contributed by atoms with Crippen molar-refractivity contribution in [1.29, 1.82) is 0 Å². The van der Waals surface area contributed by atoms with Gasteiger partial charge < -0.3 is 15.5 Å². The summed E-state index contributed by atoms with van der Waals surface area (Å²) in [6.45, 7) is 2.39. The molecule has 2 N–H and O–H groups in total. The summed E-state index contributed by atoms with van der Waals surface area (Å²) in [5.41, 5.74) is -0.273. The molecule has 5 nitrogen and oxygen atoms in total. The molecular formula is C15H18F3N3O2. The third kappa shape index (κ3) is 4.37. The Morgan fingerprint density at radius 2 is 1.83 bits per heavy atom. The number of piperidine rings is 1. The monoisotopic (exact) mass is 329 g/mol. The van der Waals surface area contributed by atoms with Crippen molar-refractivity contribution in [3.05, 3.63) is 29.6 Å². The summed E-state index contributed by atoms with van der Waals surface area (Å²) in [4.78, 5) is 24.7. The molecule has 1 aliphatic rings. The molecule has 126 valence electrons. The Morgan fingerprint density at radius 1 is 1.17 bits per heavy atom. The Kier molecular flexibility index (Phi) is 5.46. The fourth-order valence-corrected chi connectivity index (χ4v) is 2.46. The maximum absolute atomic E-state index is 13.4. The molecule has 1 aliphatic heterocycles. The van der Waals surface area contributed by atoms with Crippen molar-refractivity contribution in [2.75, 3.05) is 25.0 Å². The lowest BCUT2D eigenvalue weighted by Crippen LogP contribution is -2.47. The average Bonchev–Trinajstić information content (AvgIpc) is 2.52. The minimum Gasteiger partial charge on any atom is -0.374 e. The van der Waals surface area contributed by atoms with Crippen LogP contribution in [0.25, 0.3) is 0 Å². The number of hydrogen-bond acceptors (Lipinski definition) is 3. The Hall–Kier alpha value is -2.25. The number of carbonyl (C=O) groups is 2. The first-order chi connectivity index (χ1) is 10.9. The molecular weight excluding hydrogens is 311 g/mol. The van der Waals surface area contributed by atoms with E-state index in [-0.39, 0.29) is 30.1 Å². The normalized spacial score (nSPS) is 15.4. The number of hydrogen-bond donors (Lipinski definition) is 2. The van der Waals surface area contributed by atoms with Gasteiger partial charge in [0.1, 0.15) is 0 Å². The van der Waals surface area contributed by atoms with Gasteiger partial charge in [-0.1, -0.05) is 0 Å². The summed E-state index contributed by atoms with van der Waals surface area (Å²) in [6, 6.07) is 1.76. The molecule has 0 aliphatic carbocycles. The van der Waals surface area contributed by atoms with E-state index in [2.05, 4.69) is 10.6 Å². The van der Waals surface area contributed by atoms with E-state index in [0.29, 0.717) is 25.9 Å². The predicted molar refractivity (Wildman–Crippen MR) is 78.2 cm³/mol. The number of carbonyl (C=O) groups excluding carboxylic acids is 2. The SMILES string of the molecule is CC(=O)N1CCC(NC(=O)CNc2ccc(F)c(F)c2F)CC1. The molecule has 0 atom stereocenters. The first-order valence-electron chi connectivity index (χ1n) is 7.30. The van der Waals surface area contributed by atoms with Gasteiger partial charge in [0.15, 0.2) is 17.5 Å². The van der Waals surface area contributed by atoms with Crippen LogP contribution in [-0.4, -0.2) is 42.4 Å². The van der Waals surface area contributed by atoms with Gasteiger partial charge in [-0.05, 0) is 25.0 Å². The van der Waals surface area contributed by atoms with E-state index in [1.54, 1.807) is 4.90 Å². The lowest BCUT2D eigenvalue weighted by Gasteiger charge is -2.31. The van der Waals surface area contributed by atoms with Crippen molar-refractivity contribution in [1.82, 2.24) is 10.2 Å². The largest absolute Gasteiger partial charge is 0.374 e. The fraction of sp³-hybridized carbons (Fsp3) is 0.467. The molecule has 0 radical (unpaired) electrons. The van der Waals surface area contributed by atoms with Crippen LogP contribution in [0.1, 0.15) is 19.8 Å². The van der Waals surface area contributed by atoms with Gasteiger partial charge in [0, 0.05) is 26.1 Å². The van der Waals surface area contributed by atoms with Crippen molar-refractivity contribution in [2.45, 2.75) is 25.8 Å². The van der Waals surface area contributed by atoms with Crippen LogP contribution in [0.3, 0.4) is 0 Å². The van der Waals surface area contributed by atoms with Crippen LogP contribution in [-0.2, 0) is 9.59 Å². The lowest BCUT2D eigenvalue weighted by molar-refractivity contribution is -0.130. The Morgan fingerprint density at radius 3 is 2.43 bits per heavy atom. The fourth-order valence-electron chi connectivity index (χ4n) is 2.46. The van der Waals surface area contributed by atoms with E-state index in [0.717, 1.165) is 12.1 Å². The highest BCUT2D eigenvalue weighted by atomic mass is 19.2. The first kappa shape index (κ1) is 17.1. The zero-order valence-corrected chi connectivity index (χ0v) is 12.7. The topological polar surface area (TPSA) is 61.4 Å². The molecule has 1 aromatic carbocycles. The van der Waals surface area contributed by atoms with Gasteiger partial charge in [0.2, 0.25) is 11.8 Å². The van der Waals surface area contributed by atoms with E-state index in [1.807, 2.05) is 0 Å². The van der Waals surface area contributed by atoms with Crippen LogP contribution in [0.5, 0.6) is 0 Å². The highest BCUT2D eigenvalue weighted by Gasteiger charge is 2.22. The zero-order valence-electron chi connectivity index (χ0n) is 12.7. The number of halogens is 3. The van der Waals surface area contributed by atoms with Gasteiger partial charge in [0.25, 0.3) is 0 Å². The molecule has 1 fully saturated rings. The van der Waals surface area contributed by atoms with Gasteiger partial charge >= 0.3 is 0 Å². The average molecular weight is 329 g/mol. The van der Waals surface area contributed by atoms with E-state index < -0.39 is 17.5 Å². The zero-order chi connectivity index (χ0) is 17.0. The quantitative estimate of drug-likeness (QED) is 0.826. The molecule has 2 rings (SSSR count). The third-order valence-electron chi connectivity index (χ3n) is 3.78. The molecule has 0 spiro atoms. The van der Waals surface area contributed by atoms with Crippen molar-refractivity contribution in [3.63, 3.8) is 0 Å². The van der Waals surface area contributed by atoms with Gasteiger partial charge in [-0.3, -0.25) is 9.59 Å². The minimum absolute atomic E-state index is 0.00487. The third-order valence-corrected chi connectivity index (χ3v) is 3.78. The highest BCUT2D eigenvalue weighted by molar-refractivity contribution is 5.81. The summed E-state index contributed by atoms with van der Waals surface area (Å²) in [7, 11) is 0. The van der Waals surface area contributed by atoms with E-state index in [1.165, 1.54) is 6.92 Å². The number of nitrogens with one attached hydrogen (secondary N) is 2. The number of amides is 2. The molecule has 1 saturated heterocycles. The summed E-state index contributed by atoms with van der Waals surface area (Å²) in [5.74, 6) is -4.59. The second-order valence-corrected chi connectivity index (χ2v) is 5.42. The highest BCUT2D eigenvalue weighted by Crippen LogP contribution is 2.19. The van der Waals surface area contributed by atoms with Crippen LogP contribution in [0.2, 0.25) is 0 Å². The standard InChI is InChI=1S/C15H18F3N3O2/c1-9(22)21-6-4-10(5-7-21)20-13(23)8-19-12-3-2-11(16)14(17)15(12)18/h2-3,10,19H,4-8H2,1H3,(H,20,23). The summed E-state index contributed by atoms with van der Waals surface area (Å²) >= 11 is 0. The molecule has 0 aromatic heterocycles. The number of anilines is 1. The molecule has 8 heteroatoms. The van der Waals surface area contributed by atoms with Crippen LogP contribution < -0.4 is 10.6 Å². The van der Waals surface area contributed by atoms with Gasteiger partial charge in [-0.15, -0.1) is 0 Å². The summed E-state index contributed by atoms with van der Waals surface area (Å²) in [5, 5.41) is 5.20. The Labute approximate surface area is 131 Å². The van der Waals surface area contributed by atoms with Crippen molar-refractivity contribution >= 4 is 17.5 Å². The Balaban J connectivity index is 1.80. The second kappa shape index (κ2) is 7.34. The predicted octanol–water partition coefficient (Wildman–Crippen LogP) is 1.64. The molecule has 0 unspecified atom stereocenters. The van der Waals surface area contributed by atoms with Gasteiger partial charge in [-0.2, -0.15) is 0 Å². The number of rotatable bonds is 4. The second-order valence-electron chi connectivity index (χ2n) is 5.42. The molecule has 1 aromatic rings. The molecule has 2 amide bonds. The van der Waals surface area contributed by atoms with Gasteiger partial charge in [-0.25, -0.2) is 13.2 Å². The van der Waals surface area contributed by atoms with E-state index in [4.69, 9.17) is 0 Å². The van der Waals surface area contributed by atoms with E-state index >= 15 is 0 Å². The van der Waals surface area contributed by atoms with Gasteiger partial charge in [0.05, 0.1) is 12.2 Å². The summed E-state index contributed by atoms with van der Waals surface area (Å²) < 4.78 is 39.3. The summed E-state index contributed by atoms with van der Waals surface area (Å²) in [6.07, 6.45) is 1.29. The van der Waals surface area contributed by atoms with Crippen LogP contribution in [0, 0.1) is 17.5 Å². The maximum atomic E-state index is 13.4. The van der Waals surface area contributed by atoms with Crippen LogP contribution in [0.15, 0.2) is 12.1 Å². The van der Waals surface area contributed by atoms with Crippen LogP contribution >= 0.6 is 0 Å². The lowest BCUT2D eigenvalue weighted by atomic mass is 10.1. The number of likely N-dealkylation sites (tertiary alicyclic amines) is 1. The maximum Gasteiger partial charge on any atom is 0.239 e. The van der Waals surface area contributed by atoms with Crippen LogP contribution in [0.4, 0.5) is 18.9 Å². The molecule has 23 heavy (non-hydrogen) atoms. The Bertz CT molecular complexity index is 602. The first-order valence-corrected chi connectivity index (χ1v) is 7.30. The molecule has 1 heterocycles. The van der Waals surface area contributed by atoms with Crippen molar-refractivity contribution < 1.29 is 22.8 Å². The molecule has 0 saturated carbocycles. The number of benzene rings is 1. The number of nitrogens with zero attached hydrogens (tertiary/aromatic N) is 1.